The molecular formula is C11H15BrOS. The van der Waals surface area contributed by atoms with Crippen LogP contribution in [0.15, 0.2) is 15.9 Å². The number of aliphatic hydroxyl groups is 1. The van der Waals surface area contributed by atoms with Crippen molar-refractivity contribution in [1.29, 1.82) is 0 Å². The highest BCUT2D eigenvalue weighted by Crippen LogP contribution is 2.49. The Hall–Kier alpha value is 0.140. The van der Waals surface area contributed by atoms with Crippen LogP contribution in [0.4, 0.5) is 0 Å². The summed E-state index contributed by atoms with van der Waals surface area (Å²) in [5.41, 5.74) is -0.554. The Bertz CT molecular complexity index is 323. The summed E-state index contributed by atoms with van der Waals surface area (Å²) in [6, 6.07) is 2.03. The quantitative estimate of drug-likeness (QED) is 0.867. The molecule has 1 N–H and O–H groups in total. The van der Waals surface area contributed by atoms with Gasteiger partial charge in [0.2, 0.25) is 0 Å². The van der Waals surface area contributed by atoms with Gasteiger partial charge in [0, 0.05) is 4.47 Å². The minimum atomic E-state index is -0.554. The van der Waals surface area contributed by atoms with E-state index in [9.17, 15) is 5.11 Å². The van der Waals surface area contributed by atoms with Crippen molar-refractivity contribution < 1.29 is 5.11 Å². The average Bonchev–Trinajstić information content (AvgIpc) is 2.72. The Balaban J connectivity index is 2.36. The molecule has 14 heavy (non-hydrogen) atoms. The molecule has 0 amide bonds. The topological polar surface area (TPSA) is 20.2 Å². The predicted molar refractivity (Wildman–Crippen MR) is 63.5 cm³/mol. The van der Waals surface area contributed by atoms with Crippen LogP contribution < -0.4 is 0 Å². The van der Waals surface area contributed by atoms with Crippen LogP contribution in [0.2, 0.25) is 0 Å². The monoisotopic (exact) mass is 274 g/mol. The van der Waals surface area contributed by atoms with Gasteiger partial charge in [0.1, 0.15) is 5.60 Å². The van der Waals surface area contributed by atoms with Gasteiger partial charge in [-0.15, -0.1) is 11.3 Å². The van der Waals surface area contributed by atoms with Gasteiger partial charge in [0.25, 0.3) is 0 Å². The maximum atomic E-state index is 10.7. The van der Waals surface area contributed by atoms with Gasteiger partial charge in [-0.05, 0) is 52.6 Å². The lowest BCUT2D eigenvalue weighted by atomic mass is 9.87. The molecule has 1 fully saturated rings. The van der Waals surface area contributed by atoms with Crippen molar-refractivity contribution in [3.63, 3.8) is 0 Å². The average molecular weight is 275 g/mol. The maximum absolute atomic E-state index is 10.7. The molecular weight excluding hydrogens is 260 g/mol. The van der Waals surface area contributed by atoms with Gasteiger partial charge >= 0.3 is 0 Å². The molecule has 1 nitrogen and oxygen atoms in total. The van der Waals surface area contributed by atoms with E-state index < -0.39 is 5.60 Å². The van der Waals surface area contributed by atoms with Gasteiger partial charge in [0.05, 0.1) is 4.88 Å². The van der Waals surface area contributed by atoms with E-state index in [1.54, 1.807) is 11.3 Å². The highest BCUT2D eigenvalue weighted by molar-refractivity contribution is 9.10. The molecule has 0 spiro atoms. The van der Waals surface area contributed by atoms with E-state index in [0.717, 1.165) is 35.0 Å². The third kappa shape index (κ3) is 1.55. The maximum Gasteiger partial charge on any atom is 0.103 e. The summed E-state index contributed by atoms with van der Waals surface area (Å²) in [5.74, 6) is 0.442. The summed E-state index contributed by atoms with van der Waals surface area (Å²) in [7, 11) is 0. The smallest absolute Gasteiger partial charge is 0.103 e. The van der Waals surface area contributed by atoms with Crippen LogP contribution in [0, 0.1) is 5.92 Å². The predicted octanol–water partition coefficient (Wildman–Crippen LogP) is 3.91. The highest BCUT2D eigenvalue weighted by atomic mass is 79.9. The summed E-state index contributed by atoms with van der Waals surface area (Å²) in [6.45, 7) is 2.17. The molecule has 1 aromatic heterocycles. The van der Waals surface area contributed by atoms with Crippen LogP contribution in [-0.4, -0.2) is 5.11 Å². The molecule has 3 heteroatoms. The Labute approximate surface area is 97.3 Å². The van der Waals surface area contributed by atoms with Gasteiger partial charge in [-0.2, -0.15) is 0 Å². The fourth-order valence-electron chi connectivity index (χ4n) is 2.50. The van der Waals surface area contributed by atoms with Crippen LogP contribution in [0.5, 0.6) is 0 Å². The largest absolute Gasteiger partial charge is 0.384 e. The van der Waals surface area contributed by atoms with Crippen LogP contribution in [0.25, 0.3) is 0 Å². The van der Waals surface area contributed by atoms with Crippen molar-refractivity contribution in [3.05, 3.63) is 20.8 Å². The molecule has 1 saturated carbocycles. The molecule has 78 valence electrons. The van der Waals surface area contributed by atoms with Gasteiger partial charge in [-0.1, -0.05) is 13.3 Å². The zero-order valence-electron chi connectivity index (χ0n) is 8.29. The van der Waals surface area contributed by atoms with Crippen LogP contribution >= 0.6 is 27.3 Å². The lowest BCUT2D eigenvalue weighted by Crippen LogP contribution is -2.29. The first-order valence-corrected chi connectivity index (χ1v) is 6.81. The molecule has 1 aliphatic rings. The van der Waals surface area contributed by atoms with Crippen molar-refractivity contribution in [3.8, 4) is 0 Å². The summed E-state index contributed by atoms with van der Waals surface area (Å²) in [4.78, 5) is 1.13. The van der Waals surface area contributed by atoms with Crippen molar-refractivity contribution in [2.75, 3.05) is 0 Å². The van der Waals surface area contributed by atoms with E-state index in [1.165, 1.54) is 0 Å². The van der Waals surface area contributed by atoms with E-state index in [4.69, 9.17) is 0 Å². The van der Waals surface area contributed by atoms with Crippen molar-refractivity contribution in [2.24, 2.45) is 5.92 Å². The SMILES string of the molecule is CCC1CCCC1(O)c1sccc1Br. The fourth-order valence-corrected chi connectivity index (χ4v) is 4.43. The van der Waals surface area contributed by atoms with E-state index in [0.29, 0.717) is 5.92 Å². The van der Waals surface area contributed by atoms with Crippen LogP contribution in [0.3, 0.4) is 0 Å². The third-order valence-electron chi connectivity index (χ3n) is 3.29. The Kier molecular flexibility index (Phi) is 3.01. The number of hydrogen-bond donors (Lipinski definition) is 1. The molecule has 1 aromatic rings. The molecule has 2 rings (SSSR count). The molecule has 0 aliphatic heterocycles. The zero-order valence-corrected chi connectivity index (χ0v) is 10.7. The third-order valence-corrected chi connectivity index (χ3v) is 5.29. The summed E-state index contributed by atoms with van der Waals surface area (Å²) >= 11 is 5.19. The molecule has 2 unspecified atom stereocenters. The standard InChI is InChI=1S/C11H15BrOS/c1-2-8-4-3-6-11(8,13)10-9(12)5-7-14-10/h5,7-8,13H,2-4,6H2,1H3. The van der Waals surface area contributed by atoms with Gasteiger partial charge in [0.15, 0.2) is 0 Å². The Morgan fingerprint density at radius 2 is 2.50 bits per heavy atom. The first kappa shape index (κ1) is 10.7. The number of rotatable bonds is 2. The first-order valence-electron chi connectivity index (χ1n) is 5.14. The Morgan fingerprint density at radius 1 is 1.71 bits per heavy atom. The molecule has 0 saturated heterocycles. The number of thiophene rings is 1. The molecule has 1 aliphatic carbocycles. The molecule has 1 heterocycles. The second-order valence-electron chi connectivity index (χ2n) is 4.02. The van der Waals surface area contributed by atoms with Gasteiger partial charge in [-0.3, -0.25) is 0 Å². The van der Waals surface area contributed by atoms with Gasteiger partial charge < -0.3 is 5.11 Å². The van der Waals surface area contributed by atoms with Crippen LogP contribution in [0.1, 0.15) is 37.5 Å². The molecule has 0 bridgehead atoms. The van der Waals surface area contributed by atoms with Gasteiger partial charge in [-0.25, -0.2) is 0 Å². The lowest BCUT2D eigenvalue weighted by molar-refractivity contribution is -0.000950. The van der Waals surface area contributed by atoms with E-state index in [-0.39, 0.29) is 0 Å². The second-order valence-corrected chi connectivity index (χ2v) is 5.79. The number of halogens is 1. The minimum Gasteiger partial charge on any atom is -0.384 e. The summed E-state index contributed by atoms with van der Waals surface area (Å²) in [6.07, 6.45) is 4.31. The Morgan fingerprint density at radius 3 is 3.07 bits per heavy atom. The van der Waals surface area contributed by atoms with Crippen molar-refractivity contribution >= 4 is 27.3 Å². The number of hydrogen-bond acceptors (Lipinski definition) is 2. The van der Waals surface area contributed by atoms with Crippen molar-refractivity contribution in [1.82, 2.24) is 0 Å². The second kappa shape index (κ2) is 3.95. The van der Waals surface area contributed by atoms with E-state index >= 15 is 0 Å². The van der Waals surface area contributed by atoms with E-state index in [1.807, 2.05) is 11.4 Å². The molecule has 2 atom stereocenters. The zero-order chi connectivity index (χ0) is 10.2. The summed E-state index contributed by atoms with van der Waals surface area (Å²) < 4.78 is 1.07. The lowest BCUT2D eigenvalue weighted by Gasteiger charge is -2.29. The van der Waals surface area contributed by atoms with Crippen LogP contribution in [-0.2, 0) is 5.60 Å². The van der Waals surface area contributed by atoms with E-state index in [2.05, 4.69) is 22.9 Å². The molecule has 0 aromatic carbocycles. The fraction of sp³-hybridized carbons (Fsp3) is 0.636. The van der Waals surface area contributed by atoms with Crippen molar-refractivity contribution in [2.45, 2.75) is 38.2 Å². The highest BCUT2D eigenvalue weighted by Gasteiger charge is 2.43. The first-order chi connectivity index (χ1) is 6.68. The minimum absolute atomic E-state index is 0.442. The normalized spacial score (nSPS) is 32.4. The molecule has 0 radical (unpaired) electrons. The summed E-state index contributed by atoms with van der Waals surface area (Å²) in [5, 5.41) is 12.7.